The molecular formula is C24H34N10O20S2Zn2+4. The molecule has 58 heavy (non-hydrogen) atoms. The van der Waals surface area contributed by atoms with Gasteiger partial charge in [0, 0.05) is 6.61 Å². The average molecular weight is 978 g/mol. The van der Waals surface area contributed by atoms with Crippen molar-refractivity contribution in [1.29, 1.82) is 0 Å². The van der Waals surface area contributed by atoms with Crippen LogP contribution in [0.3, 0.4) is 0 Å². The van der Waals surface area contributed by atoms with E-state index < -0.39 is 20.3 Å². The number of hydrazone groups is 2. The van der Waals surface area contributed by atoms with Crippen molar-refractivity contribution >= 4 is 69.0 Å². The van der Waals surface area contributed by atoms with E-state index in [4.69, 9.17) is 86.7 Å². The Morgan fingerprint density at radius 3 is 1.12 bits per heavy atom. The molecule has 30 nitrogen and oxygen atoms in total. The number of hydrogen-bond acceptors (Lipinski definition) is 17. The van der Waals surface area contributed by atoms with Gasteiger partial charge in [0.05, 0.1) is 34.3 Å². The molecule has 2 heterocycles. The van der Waals surface area contributed by atoms with E-state index in [0.29, 0.717) is 33.1 Å². The monoisotopic (exact) mass is 974 g/mol. The maximum Gasteiger partial charge on any atom is 2.00 e. The van der Waals surface area contributed by atoms with Crippen molar-refractivity contribution in [3.63, 3.8) is 0 Å². The second kappa shape index (κ2) is 41.6. The molecule has 312 valence electrons. The number of aliphatic hydroxyl groups is 1. The zero-order chi connectivity index (χ0) is 41.5. The van der Waals surface area contributed by atoms with Gasteiger partial charge in [-0.2, -0.15) is 10.2 Å². The molecule has 0 atom stereocenters. The van der Waals surface area contributed by atoms with E-state index >= 15 is 0 Å². The first-order chi connectivity index (χ1) is 24.7. The molecule has 0 unspecified atom stereocenters. The molecule has 0 saturated carbocycles. The fourth-order valence-electron chi connectivity index (χ4n) is 2.69. The summed E-state index contributed by atoms with van der Waals surface area (Å²) < 4.78 is 10.6. The number of para-hydroxylation sites is 2. The quantitative estimate of drug-likeness (QED) is 0.0353. The van der Waals surface area contributed by atoms with Gasteiger partial charge in [0.2, 0.25) is 10.9 Å². The minimum absolute atomic E-state index is 0. The topological polar surface area (TPSA) is 529 Å². The molecule has 0 fully saturated rings. The summed E-state index contributed by atoms with van der Waals surface area (Å²) in [6, 6.07) is 14.0. The van der Waals surface area contributed by atoms with Gasteiger partial charge in [-0.05, 0) is 55.6 Å². The van der Waals surface area contributed by atoms with Gasteiger partial charge in [0.25, 0.3) is 20.3 Å². The van der Waals surface area contributed by atoms with Gasteiger partial charge in [-0.1, -0.05) is 24.3 Å². The van der Waals surface area contributed by atoms with E-state index in [0.717, 1.165) is 0 Å². The van der Waals surface area contributed by atoms with Gasteiger partial charge >= 0.3 is 39.0 Å². The summed E-state index contributed by atoms with van der Waals surface area (Å²) in [7, 11) is 0. The van der Waals surface area contributed by atoms with E-state index in [-0.39, 0.29) is 83.1 Å². The van der Waals surface area contributed by atoms with Crippen LogP contribution in [0.25, 0.3) is 21.9 Å². The zero-order valence-corrected chi connectivity index (χ0v) is 36.9. The fraction of sp³-hybridized carbons (Fsp3) is 0.0833. The van der Waals surface area contributed by atoms with E-state index in [1.165, 1.54) is 25.0 Å². The Morgan fingerprint density at radius 1 is 0.672 bits per heavy atom. The van der Waals surface area contributed by atoms with Crippen molar-refractivity contribution in [3.8, 4) is 0 Å². The van der Waals surface area contributed by atoms with E-state index in [1.54, 1.807) is 55.5 Å². The van der Waals surface area contributed by atoms with Gasteiger partial charge in [-0.15, -0.1) is 40.5 Å². The predicted molar refractivity (Wildman–Crippen MR) is 199 cm³/mol. The first kappa shape index (κ1) is 69.4. The van der Waals surface area contributed by atoms with Gasteiger partial charge in [0.15, 0.2) is 10.2 Å². The Labute approximate surface area is 357 Å². The maximum absolute atomic E-state index is 12.0. The van der Waals surface area contributed by atoms with E-state index in [9.17, 15) is 9.59 Å². The number of nitrogens with one attached hydrogen (secondary N) is 2. The van der Waals surface area contributed by atoms with Crippen molar-refractivity contribution < 1.29 is 111 Å². The van der Waals surface area contributed by atoms with Gasteiger partial charge in [0.1, 0.15) is 23.7 Å². The van der Waals surface area contributed by atoms with Crippen LogP contribution in [-0.2, 0) is 39.0 Å². The van der Waals surface area contributed by atoms with Crippen molar-refractivity contribution in [2.24, 2.45) is 21.7 Å². The SMILES string of the molecule is CCO.NC(=S)N/N=C/c1coc2ccccc2c1=O.NC(=S)N/N=C/c1coc2ccccc2c1=O.O.O.O.O=[N+]([O-])O.O=[N+]([O-])O.O=[N+]([O-])O.O=[N+]([O-])O.[Zn+2].[Zn+2]. The first-order valence-electron chi connectivity index (χ1n) is 12.8. The molecule has 0 saturated heterocycles. The molecule has 0 radical (unpaired) electrons. The van der Waals surface area contributed by atoms with Crippen LogP contribution in [-0.4, -0.2) is 92.0 Å². The largest absolute Gasteiger partial charge is 2.00 e. The van der Waals surface area contributed by atoms with Crippen LogP contribution in [0.5, 0.6) is 0 Å². The van der Waals surface area contributed by atoms with Crippen molar-refractivity contribution in [2.75, 3.05) is 6.61 Å². The molecule has 0 aliphatic rings. The zero-order valence-electron chi connectivity index (χ0n) is 29.3. The van der Waals surface area contributed by atoms with E-state index in [1.807, 2.05) is 0 Å². The van der Waals surface area contributed by atoms with Crippen LogP contribution >= 0.6 is 24.4 Å². The number of hydrogen-bond donors (Lipinski definition) is 9. The molecule has 17 N–H and O–H groups in total. The summed E-state index contributed by atoms with van der Waals surface area (Å²) in [5, 5.41) is 70.6. The number of thiocarbonyl (C=S) groups is 2. The third kappa shape index (κ3) is 40.6. The molecule has 0 amide bonds. The summed E-state index contributed by atoms with van der Waals surface area (Å²) in [5.74, 6) is 0. The normalized spacial score (nSPS) is 8.31. The van der Waals surface area contributed by atoms with Crippen molar-refractivity contribution in [3.05, 3.63) is 133 Å². The van der Waals surface area contributed by atoms with E-state index in [2.05, 4.69) is 45.5 Å². The Balaban J connectivity index is -0.0000000947. The molecule has 2 aromatic carbocycles. The molecule has 4 aromatic rings. The molecule has 0 bridgehead atoms. The van der Waals surface area contributed by atoms with Crippen LogP contribution in [0.4, 0.5) is 0 Å². The number of nitrogens with zero attached hydrogens (tertiary/aromatic N) is 6. The van der Waals surface area contributed by atoms with Gasteiger partial charge in [-0.3, -0.25) is 20.4 Å². The van der Waals surface area contributed by atoms with Crippen LogP contribution in [0, 0.1) is 40.5 Å². The summed E-state index contributed by atoms with van der Waals surface area (Å²) in [6.07, 6.45) is 5.32. The fourth-order valence-corrected chi connectivity index (χ4v) is 2.80. The predicted octanol–water partition coefficient (Wildman–Crippen LogP) is -1.95. The molecule has 0 spiro atoms. The molecule has 34 heteroatoms. The minimum atomic E-state index is -1.50. The Morgan fingerprint density at radius 2 is 0.897 bits per heavy atom. The average Bonchev–Trinajstić information content (AvgIpc) is 3.03. The summed E-state index contributed by atoms with van der Waals surface area (Å²) in [6.45, 7) is 1.93. The number of nitrogens with two attached hydrogens (primary N) is 2. The van der Waals surface area contributed by atoms with Crippen LogP contribution in [0.1, 0.15) is 18.1 Å². The molecule has 2 aromatic heterocycles. The Kier molecular flexibility index (Phi) is 49.8. The molecular weight excluding hydrogens is 943 g/mol. The van der Waals surface area contributed by atoms with Crippen molar-refractivity contribution in [1.82, 2.24) is 10.9 Å². The first-order valence-corrected chi connectivity index (χ1v) is 13.6. The van der Waals surface area contributed by atoms with Crippen molar-refractivity contribution in [2.45, 2.75) is 6.92 Å². The third-order valence-corrected chi connectivity index (χ3v) is 4.35. The molecule has 0 aliphatic heterocycles. The number of rotatable bonds is 4. The second-order valence-corrected chi connectivity index (χ2v) is 8.65. The second-order valence-electron chi connectivity index (χ2n) is 7.77. The third-order valence-electron chi connectivity index (χ3n) is 4.17. The maximum atomic E-state index is 12.0. The minimum Gasteiger partial charge on any atom is -0.463 e. The Bertz CT molecular complexity index is 1810. The van der Waals surface area contributed by atoms with Gasteiger partial charge < -0.3 is 62.7 Å². The van der Waals surface area contributed by atoms with Crippen LogP contribution in [0.2, 0.25) is 0 Å². The van der Waals surface area contributed by atoms with Crippen LogP contribution < -0.4 is 33.2 Å². The standard InChI is InChI=1S/2C11H9N3O2S.C2H6O.4HNO3.3H2O.2Zn/c2*12-11(17)14-13-5-7-6-16-9-4-2-1-3-8(9)10(7)15;1-2-3;4*2-1(3)4;;;;;/h2*1-6H,(H3,12,14,17);3H,2H2,1H3;4*(H,2,3,4);3*1H2;;/q;;;;;;;;;;2*+2/b2*13-5+;;;;;;;;;;. The summed E-state index contributed by atoms with van der Waals surface area (Å²) >= 11 is 9.14. The number of aliphatic hydroxyl groups excluding tert-OH is 1. The molecule has 0 aliphatic carbocycles. The number of benzene rings is 2. The summed E-state index contributed by atoms with van der Waals surface area (Å²) in [4.78, 5) is 57.4. The summed E-state index contributed by atoms with van der Waals surface area (Å²) in [5.41, 5.74) is 16.5. The molecule has 4 rings (SSSR count). The van der Waals surface area contributed by atoms with Crippen LogP contribution in [0.15, 0.2) is 89.7 Å². The Hall–Kier alpha value is -6.53. The van der Waals surface area contributed by atoms with Gasteiger partial charge in [-0.25, -0.2) is 0 Å². The smallest absolute Gasteiger partial charge is 0.463 e. The number of fused-ring (bicyclic) bond motifs is 2.